The van der Waals surface area contributed by atoms with Gasteiger partial charge in [-0.3, -0.25) is 4.90 Å². The fraction of sp³-hybridized carbons (Fsp3) is 0.750. The van der Waals surface area contributed by atoms with Crippen molar-refractivity contribution in [2.45, 2.75) is 37.8 Å². The maximum Gasteiger partial charge on any atom is 0.226 e. The molecule has 1 saturated heterocycles. The number of halogens is 1. The van der Waals surface area contributed by atoms with Gasteiger partial charge in [0.2, 0.25) is 5.95 Å². The van der Waals surface area contributed by atoms with Crippen molar-refractivity contribution in [3.05, 3.63) is 11.2 Å². The average Bonchev–Trinajstić information content (AvgIpc) is 2.57. The Balaban J connectivity index is 1.61. The largest absolute Gasteiger partial charge is 0.395 e. The molecule has 2 heterocycles. The number of nitrogens with one attached hydrogen (secondary N) is 1. The summed E-state index contributed by atoms with van der Waals surface area (Å²) in [7, 11) is 0. The number of piperazine rings is 1. The first-order chi connectivity index (χ1) is 11.6. The van der Waals surface area contributed by atoms with Crippen LogP contribution in [0.4, 0.5) is 11.8 Å². The van der Waals surface area contributed by atoms with Gasteiger partial charge in [0.1, 0.15) is 11.0 Å². The molecule has 0 aromatic carbocycles. The third kappa shape index (κ3) is 4.69. The fourth-order valence-corrected chi connectivity index (χ4v) is 3.55. The number of aliphatic hydroxyl groups is 2. The van der Waals surface area contributed by atoms with E-state index in [-0.39, 0.29) is 12.7 Å². The number of β-amino-alcohol motifs (C(OH)–C–C–N with tert-alkyl or cyclic N) is 1. The molecule has 24 heavy (non-hydrogen) atoms. The summed E-state index contributed by atoms with van der Waals surface area (Å²) in [6.07, 6.45) is 3.31. The lowest BCUT2D eigenvalue weighted by atomic mass is 9.93. The fourth-order valence-electron chi connectivity index (χ4n) is 3.38. The molecular weight excluding hydrogens is 330 g/mol. The molecule has 3 N–H and O–H groups in total. The van der Waals surface area contributed by atoms with Gasteiger partial charge in [-0.05, 0) is 25.7 Å². The van der Waals surface area contributed by atoms with Gasteiger partial charge in [-0.2, -0.15) is 4.98 Å². The monoisotopic (exact) mass is 355 g/mol. The molecule has 0 radical (unpaired) electrons. The van der Waals surface area contributed by atoms with E-state index in [0.717, 1.165) is 64.2 Å². The Morgan fingerprint density at radius 2 is 1.83 bits per heavy atom. The second-order valence-corrected chi connectivity index (χ2v) is 6.96. The van der Waals surface area contributed by atoms with Crippen molar-refractivity contribution in [3.8, 4) is 0 Å². The molecule has 1 aliphatic heterocycles. The first-order valence-electron chi connectivity index (χ1n) is 8.71. The smallest absolute Gasteiger partial charge is 0.226 e. The van der Waals surface area contributed by atoms with Crippen LogP contribution in [0.1, 0.15) is 25.7 Å². The molecule has 7 nitrogen and oxygen atoms in total. The molecule has 8 heteroatoms. The van der Waals surface area contributed by atoms with E-state index in [2.05, 4.69) is 25.1 Å². The molecule has 134 valence electrons. The predicted octanol–water partition coefficient (Wildman–Crippen LogP) is 0.960. The van der Waals surface area contributed by atoms with Crippen LogP contribution in [-0.4, -0.2) is 76.6 Å². The highest BCUT2D eigenvalue weighted by Crippen LogP contribution is 2.24. The molecule has 0 bridgehead atoms. The topological polar surface area (TPSA) is 84.8 Å². The molecule has 3 rings (SSSR count). The second kappa shape index (κ2) is 8.29. The lowest BCUT2D eigenvalue weighted by Gasteiger charge is -2.35. The number of hydrogen-bond donors (Lipinski definition) is 3. The Hall–Kier alpha value is -1.15. The summed E-state index contributed by atoms with van der Waals surface area (Å²) in [5, 5.41) is 22.4. The molecule has 0 amide bonds. The molecule has 1 aliphatic carbocycles. The zero-order chi connectivity index (χ0) is 16.9. The Bertz CT molecular complexity index is 531. The van der Waals surface area contributed by atoms with Gasteiger partial charge in [0.15, 0.2) is 0 Å². The minimum absolute atomic E-state index is 0.172. The molecule has 1 saturated carbocycles. The Labute approximate surface area is 147 Å². The summed E-state index contributed by atoms with van der Waals surface area (Å²) < 4.78 is 0. The van der Waals surface area contributed by atoms with Crippen LogP contribution in [0.2, 0.25) is 5.15 Å². The summed E-state index contributed by atoms with van der Waals surface area (Å²) in [5.74, 6) is 1.41. The van der Waals surface area contributed by atoms with Crippen LogP contribution in [0.3, 0.4) is 0 Å². The number of rotatable bonds is 5. The number of nitrogens with zero attached hydrogens (tertiary/aromatic N) is 4. The van der Waals surface area contributed by atoms with Crippen LogP contribution >= 0.6 is 11.6 Å². The molecule has 1 aromatic rings. The Morgan fingerprint density at radius 1 is 1.12 bits per heavy atom. The van der Waals surface area contributed by atoms with Gasteiger partial charge in [0.25, 0.3) is 0 Å². The van der Waals surface area contributed by atoms with E-state index in [1.54, 1.807) is 6.07 Å². The summed E-state index contributed by atoms with van der Waals surface area (Å²) >= 11 is 6.19. The number of aromatic nitrogens is 2. The standard InChI is InChI=1S/C16H26ClN5O2/c17-14-11-15(22-7-5-21(6-8-22)9-10-23)20-16(19-14)18-12-1-3-13(24)4-2-12/h11-13,23-24H,1-10H2,(H,18,19,20). The highest BCUT2D eigenvalue weighted by atomic mass is 35.5. The lowest BCUT2D eigenvalue weighted by molar-refractivity contribution is 0.126. The van der Waals surface area contributed by atoms with Crippen LogP contribution in [0.25, 0.3) is 0 Å². The first kappa shape index (κ1) is 17.7. The van der Waals surface area contributed by atoms with Crippen molar-refractivity contribution >= 4 is 23.4 Å². The Kier molecular flexibility index (Phi) is 6.10. The molecule has 0 atom stereocenters. The summed E-state index contributed by atoms with van der Waals surface area (Å²) in [6, 6.07) is 2.10. The van der Waals surface area contributed by atoms with Gasteiger partial charge in [-0.25, -0.2) is 4.98 Å². The van der Waals surface area contributed by atoms with Crippen molar-refractivity contribution < 1.29 is 10.2 Å². The van der Waals surface area contributed by atoms with Gasteiger partial charge in [0, 0.05) is 44.8 Å². The van der Waals surface area contributed by atoms with Gasteiger partial charge in [-0.1, -0.05) is 11.6 Å². The van der Waals surface area contributed by atoms with Crippen molar-refractivity contribution in [2.75, 3.05) is 49.5 Å². The predicted molar refractivity (Wildman–Crippen MR) is 94.7 cm³/mol. The maximum atomic E-state index is 9.60. The number of hydrogen-bond acceptors (Lipinski definition) is 7. The maximum absolute atomic E-state index is 9.60. The number of anilines is 2. The van der Waals surface area contributed by atoms with E-state index in [1.165, 1.54) is 0 Å². The molecule has 0 unspecified atom stereocenters. The molecule has 2 aliphatic rings. The van der Waals surface area contributed by atoms with Crippen LogP contribution in [-0.2, 0) is 0 Å². The van der Waals surface area contributed by atoms with Crippen molar-refractivity contribution in [3.63, 3.8) is 0 Å². The second-order valence-electron chi connectivity index (χ2n) is 6.57. The van der Waals surface area contributed by atoms with Crippen LogP contribution in [0.15, 0.2) is 6.07 Å². The van der Waals surface area contributed by atoms with E-state index in [9.17, 15) is 5.11 Å². The zero-order valence-corrected chi connectivity index (χ0v) is 14.6. The lowest BCUT2D eigenvalue weighted by Crippen LogP contribution is -2.47. The number of aliphatic hydroxyl groups excluding tert-OH is 2. The van der Waals surface area contributed by atoms with Gasteiger partial charge in [0.05, 0.1) is 12.7 Å². The third-order valence-corrected chi connectivity index (χ3v) is 5.02. The SMILES string of the molecule is OCCN1CCN(c2cc(Cl)nc(NC3CCC(O)CC3)n2)CC1. The van der Waals surface area contributed by atoms with Gasteiger partial charge < -0.3 is 20.4 Å². The zero-order valence-electron chi connectivity index (χ0n) is 13.9. The normalized spacial score (nSPS) is 25.7. The highest BCUT2D eigenvalue weighted by Gasteiger charge is 2.22. The van der Waals surface area contributed by atoms with Crippen LogP contribution in [0.5, 0.6) is 0 Å². The van der Waals surface area contributed by atoms with Gasteiger partial charge in [-0.15, -0.1) is 0 Å². The third-order valence-electron chi connectivity index (χ3n) is 4.82. The summed E-state index contributed by atoms with van der Waals surface area (Å²) in [5.41, 5.74) is 0. The summed E-state index contributed by atoms with van der Waals surface area (Å²) in [6.45, 7) is 4.46. The average molecular weight is 356 g/mol. The van der Waals surface area contributed by atoms with E-state index >= 15 is 0 Å². The van der Waals surface area contributed by atoms with Crippen LogP contribution < -0.4 is 10.2 Å². The van der Waals surface area contributed by atoms with E-state index in [0.29, 0.717) is 17.1 Å². The van der Waals surface area contributed by atoms with E-state index in [4.69, 9.17) is 16.7 Å². The van der Waals surface area contributed by atoms with Crippen molar-refractivity contribution in [2.24, 2.45) is 0 Å². The molecular formula is C16H26ClN5O2. The van der Waals surface area contributed by atoms with Crippen LogP contribution in [0, 0.1) is 0 Å². The van der Waals surface area contributed by atoms with Gasteiger partial charge >= 0.3 is 0 Å². The van der Waals surface area contributed by atoms with Crippen molar-refractivity contribution in [1.29, 1.82) is 0 Å². The van der Waals surface area contributed by atoms with Crippen molar-refractivity contribution in [1.82, 2.24) is 14.9 Å². The minimum Gasteiger partial charge on any atom is -0.395 e. The molecule has 1 aromatic heterocycles. The highest BCUT2D eigenvalue weighted by molar-refractivity contribution is 6.29. The first-order valence-corrected chi connectivity index (χ1v) is 9.09. The van der Waals surface area contributed by atoms with E-state index < -0.39 is 0 Å². The molecule has 0 spiro atoms. The Morgan fingerprint density at radius 3 is 2.50 bits per heavy atom. The quantitative estimate of drug-likeness (QED) is 0.678. The van der Waals surface area contributed by atoms with E-state index in [1.807, 2.05) is 0 Å². The minimum atomic E-state index is -0.172. The molecule has 2 fully saturated rings. The summed E-state index contributed by atoms with van der Waals surface area (Å²) in [4.78, 5) is 13.4.